The predicted molar refractivity (Wildman–Crippen MR) is 174 cm³/mol. The Morgan fingerprint density at radius 3 is 1.26 bits per heavy atom. The fourth-order valence-corrected chi connectivity index (χ4v) is 5.60. The van der Waals surface area contributed by atoms with E-state index in [0.717, 1.165) is 43.9 Å². The Balaban J connectivity index is 3.81. The van der Waals surface area contributed by atoms with Crippen molar-refractivity contribution in [3.8, 4) is 0 Å². The lowest BCUT2D eigenvalue weighted by Crippen LogP contribution is -2.50. The number of likely N-dealkylation sites (N-methyl/N-ethyl adjacent to an activating group) is 1. The summed E-state index contributed by atoms with van der Waals surface area (Å²) >= 11 is 0. The zero-order chi connectivity index (χ0) is 28.7. The van der Waals surface area contributed by atoms with Crippen LogP contribution < -0.4 is 5.73 Å². The number of rotatable bonds is 33. The molecule has 0 amide bonds. The highest BCUT2D eigenvalue weighted by molar-refractivity contribution is 4.58. The molecule has 0 saturated heterocycles. The second-order valence-corrected chi connectivity index (χ2v) is 13.0. The Bertz CT molecular complexity index is 458. The van der Waals surface area contributed by atoms with E-state index in [0.29, 0.717) is 0 Å². The molecule has 0 spiro atoms. The molecule has 0 saturated carbocycles. The van der Waals surface area contributed by atoms with Gasteiger partial charge < -0.3 is 19.7 Å². The van der Waals surface area contributed by atoms with Crippen molar-refractivity contribution in [1.29, 1.82) is 0 Å². The molecule has 39 heavy (non-hydrogen) atoms. The zero-order valence-electron chi connectivity index (χ0n) is 27.6. The molecule has 0 aromatic rings. The second-order valence-electron chi connectivity index (χ2n) is 13.0. The topological polar surface area (TPSA) is 44.5 Å². The Morgan fingerprint density at radius 1 is 0.513 bits per heavy atom. The summed E-state index contributed by atoms with van der Waals surface area (Å²) in [6, 6.07) is 0. The van der Waals surface area contributed by atoms with Gasteiger partial charge in [-0.25, -0.2) is 0 Å². The van der Waals surface area contributed by atoms with Gasteiger partial charge in [0.05, 0.1) is 27.2 Å². The first-order chi connectivity index (χ1) is 19.1. The monoisotopic (exact) mass is 556 g/mol. The Labute approximate surface area is 247 Å². The Hall–Kier alpha value is -0.160. The number of quaternary nitrogens is 1. The minimum Gasteiger partial charge on any atom is -0.379 e. The molecule has 0 fully saturated rings. The second kappa shape index (κ2) is 30.8. The van der Waals surface area contributed by atoms with Gasteiger partial charge >= 0.3 is 0 Å². The summed E-state index contributed by atoms with van der Waals surface area (Å²) in [7, 11) is 4.52. The number of hydrogen-bond donors (Lipinski definition) is 1. The molecular weight excluding hydrogens is 480 g/mol. The summed E-state index contributed by atoms with van der Waals surface area (Å²) in [6.07, 6.45) is 33.3. The lowest BCUT2D eigenvalue weighted by atomic mass is 10.1. The minimum atomic E-state index is 0.177. The molecule has 0 bridgehead atoms. The molecule has 0 heterocycles. The van der Waals surface area contributed by atoms with E-state index in [1.165, 1.54) is 154 Å². The maximum Gasteiger partial charge on any atom is 0.130 e. The van der Waals surface area contributed by atoms with Crippen LogP contribution >= 0.6 is 0 Å². The average Bonchev–Trinajstić information content (AvgIpc) is 2.91. The van der Waals surface area contributed by atoms with E-state index in [1.54, 1.807) is 0 Å². The fourth-order valence-electron chi connectivity index (χ4n) is 5.60. The van der Waals surface area contributed by atoms with Gasteiger partial charge in [0.1, 0.15) is 12.6 Å². The van der Waals surface area contributed by atoms with E-state index in [1.807, 2.05) is 0 Å². The van der Waals surface area contributed by atoms with Gasteiger partial charge in [-0.15, -0.1) is 0 Å². The Morgan fingerprint density at radius 2 is 0.872 bits per heavy atom. The molecular formula is C35H75N2O2+. The molecule has 0 aliphatic rings. The lowest BCUT2D eigenvalue weighted by Gasteiger charge is -2.33. The van der Waals surface area contributed by atoms with Gasteiger partial charge in [-0.2, -0.15) is 0 Å². The van der Waals surface area contributed by atoms with E-state index >= 15 is 0 Å². The van der Waals surface area contributed by atoms with Crippen LogP contribution in [0.1, 0.15) is 168 Å². The molecule has 0 aliphatic heterocycles. The fraction of sp³-hybridized carbons (Fsp3) is 1.00. The van der Waals surface area contributed by atoms with Crippen molar-refractivity contribution in [3.05, 3.63) is 0 Å². The van der Waals surface area contributed by atoms with E-state index in [2.05, 4.69) is 27.9 Å². The largest absolute Gasteiger partial charge is 0.379 e. The molecule has 2 N–H and O–H groups in total. The maximum atomic E-state index is 6.35. The van der Waals surface area contributed by atoms with Crippen LogP contribution in [0.4, 0.5) is 0 Å². The van der Waals surface area contributed by atoms with Crippen molar-refractivity contribution in [2.45, 2.75) is 174 Å². The summed E-state index contributed by atoms with van der Waals surface area (Å²) < 4.78 is 13.4. The average molecular weight is 556 g/mol. The van der Waals surface area contributed by atoms with Gasteiger partial charge in [0.15, 0.2) is 0 Å². The summed E-state index contributed by atoms with van der Waals surface area (Å²) in [5.41, 5.74) is 5.86. The van der Waals surface area contributed by atoms with Gasteiger partial charge in [-0.05, 0) is 12.8 Å². The quantitative estimate of drug-likeness (QED) is 0.0647. The standard InChI is InChI=1S/C35H75N2O2/c1-5-7-9-11-13-15-17-19-21-23-25-27-31-38-34-35(33-37(3,4)30-29-36)39-32-28-26-24-22-20-18-16-14-12-10-8-6-2/h35H,5-34,36H2,1-4H3/q+1. The van der Waals surface area contributed by atoms with Crippen LogP contribution in [-0.4, -0.2) is 64.1 Å². The highest BCUT2D eigenvalue weighted by atomic mass is 16.5. The maximum absolute atomic E-state index is 6.35. The van der Waals surface area contributed by atoms with Crippen molar-refractivity contribution in [2.75, 3.05) is 53.6 Å². The summed E-state index contributed by atoms with van der Waals surface area (Å²) in [5.74, 6) is 0. The van der Waals surface area contributed by atoms with Gasteiger partial charge in [-0.3, -0.25) is 0 Å². The molecule has 1 unspecified atom stereocenters. The number of hydrogen-bond acceptors (Lipinski definition) is 3. The van der Waals surface area contributed by atoms with Crippen molar-refractivity contribution in [2.24, 2.45) is 5.73 Å². The van der Waals surface area contributed by atoms with Crippen molar-refractivity contribution in [1.82, 2.24) is 0 Å². The van der Waals surface area contributed by atoms with Crippen LogP contribution in [0.15, 0.2) is 0 Å². The molecule has 4 nitrogen and oxygen atoms in total. The van der Waals surface area contributed by atoms with E-state index < -0.39 is 0 Å². The van der Waals surface area contributed by atoms with E-state index in [9.17, 15) is 0 Å². The van der Waals surface area contributed by atoms with Gasteiger partial charge in [0.25, 0.3) is 0 Å². The normalized spacial score (nSPS) is 12.8. The number of ether oxygens (including phenoxy) is 2. The molecule has 4 heteroatoms. The third kappa shape index (κ3) is 30.6. The molecule has 0 radical (unpaired) electrons. The predicted octanol–water partition coefficient (Wildman–Crippen LogP) is 9.83. The SMILES string of the molecule is CCCCCCCCCCCCCCOCC(C[N+](C)(C)CCN)OCCCCCCCCCCCCCC. The smallest absolute Gasteiger partial charge is 0.130 e. The van der Waals surface area contributed by atoms with Gasteiger partial charge in [0.2, 0.25) is 0 Å². The van der Waals surface area contributed by atoms with Gasteiger partial charge in [-0.1, -0.05) is 155 Å². The molecule has 0 aliphatic carbocycles. The summed E-state index contributed by atoms with van der Waals surface area (Å²) in [4.78, 5) is 0. The van der Waals surface area contributed by atoms with Crippen LogP contribution in [0.3, 0.4) is 0 Å². The molecule has 1 atom stereocenters. The molecule has 236 valence electrons. The van der Waals surface area contributed by atoms with Crippen LogP contribution in [0.25, 0.3) is 0 Å². The number of nitrogens with zero attached hydrogens (tertiary/aromatic N) is 1. The number of unbranched alkanes of at least 4 members (excludes halogenated alkanes) is 22. The zero-order valence-corrected chi connectivity index (χ0v) is 27.6. The summed E-state index contributed by atoms with van der Waals surface area (Å²) in [6.45, 7) is 9.74. The highest BCUT2D eigenvalue weighted by Gasteiger charge is 2.22. The van der Waals surface area contributed by atoms with Crippen molar-refractivity contribution >= 4 is 0 Å². The molecule has 0 rings (SSSR count). The molecule has 0 aromatic carbocycles. The first kappa shape index (κ1) is 38.8. The third-order valence-corrected chi connectivity index (χ3v) is 8.23. The molecule has 0 aromatic heterocycles. The van der Waals surface area contributed by atoms with E-state index in [4.69, 9.17) is 15.2 Å². The lowest BCUT2D eigenvalue weighted by molar-refractivity contribution is -0.892. The van der Waals surface area contributed by atoms with Crippen molar-refractivity contribution in [3.63, 3.8) is 0 Å². The summed E-state index contributed by atoms with van der Waals surface area (Å²) in [5, 5.41) is 0. The number of nitrogens with two attached hydrogens (primary N) is 1. The van der Waals surface area contributed by atoms with Crippen LogP contribution in [-0.2, 0) is 9.47 Å². The third-order valence-electron chi connectivity index (χ3n) is 8.23. The first-order valence-corrected chi connectivity index (χ1v) is 17.8. The van der Waals surface area contributed by atoms with Crippen molar-refractivity contribution < 1.29 is 14.0 Å². The van der Waals surface area contributed by atoms with E-state index in [-0.39, 0.29) is 6.10 Å². The van der Waals surface area contributed by atoms with Gasteiger partial charge in [0, 0.05) is 19.8 Å². The first-order valence-electron chi connectivity index (χ1n) is 17.8. The van der Waals surface area contributed by atoms with Crippen LogP contribution in [0.2, 0.25) is 0 Å². The minimum absolute atomic E-state index is 0.177. The highest BCUT2D eigenvalue weighted by Crippen LogP contribution is 2.14. The van der Waals surface area contributed by atoms with Crippen LogP contribution in [0.5, 0.6) is 0 Å². The Kier molecular flexibility index (Phi) is 30.7. The van der Waals surface area contributed by atoms with Crippen LogP contribution in [0, 0.1) is 0 Å².